The Morgan fingerprint density at radius 3 is 2.67 bits per heavy atom. The van der Waals surface area contributed by atoms with Crippen molar-refractivity contribution in [1.29, 1.82) is 0 Å². The van der Waals surface area contributed by atoms with E-state index in [1.165, 1.54) is 11.3 Å². The van der Waals surface area contributed by atoms with Gasteiger partial charge in [-0.1, -0.05) is 44.2 Å². The van der Waals surface area contributed by atoms with Gasteiger partial charge >= 0.3 is 0 Å². The van der Waals surface area contributed by atoms with Crippen LogP contribution in [0.2, 0.25) is 0 Å². The number of benzene rings is 2. The number of nitrogens with one attached hydrogen (secondary N) is 2. The molecule has 4 aromatic rings. The first kappa shape index (κ1) is 17.4. The summed E-state index contributed by atoms with van der Waals surface area (Å²) in [6, 6.07) is 15.6. The number of carbonyl (C=O) groups is 1. The Kier molecular flexibility index (Phi) is 4.73. The number of fused-ring (bicyclic) bond motifs is 1. The molecule has 0 radical (unpaired) electrons. The molecule has 0 aliphatic heterocycles. The van der Waals surface area contributed by atoms with E-state index in [0.29, 0.717) is 0 Å². The predicted octanol–water partition coefficient (Wildman–Crippen LogP) is 5.06. The van der Waals surface area contributed by atoms with Crippen LogP contribution in [0.1, 0.15) is 25.3 Å². The number of H-pyrrole nitrogens is 1. The highest BCUT2D eigenvalue weighted by Gasteiger charge is 2.24. The summed E-state index contributed by atoms with van der Waals surface area (Å²) in [5.41, 5.74) is 3.50. The van der Waals surface area contributed by atoms with Gasteiger partial charge in [0.15, 0.2) is 10.8 Å². The summed E-state index contributed by atoms with van der Waals surface area (Å²) in [6.07, 6.45) is 1.76. The van der Waals surface area contributed by atoms with Crippen LogP contribution in [0.5, 0.6) is 0 Å². The van der Waals surface area contributed by atoms with Gasteiger partial charge in [0.25, 0.3) is 0 Å². The van der Waals surface area contributed by atoms with E-state index in [1.807, 2.05) is 53.9 Å². The molecule has 0 saturated heterocycles. The molecule has 1 amide bonds. The lowest BCUT2D eigenvalue weighted by Crippen LogP contribution is -2.25. The summed E-state index contributed by atoms with van der Waals surface area (Å²) in [7, 11) is 0. The third-order valence-electron chi connectivity index (χ3n) is 4.49. The summed E-state index contributed by atoms with van der Waals surface area (Å²) in [5.74, 6) is 0.734. The number of amides is 1. The molecule has 4 rings (SSSR count). The monoisotopic (exact) mass is 376 g/mol. The number of aromatic amines is 1. The molecule has 2 N–H and O–H groups in total. The lowest BCUT2D eigenvalue weighted by molar-refractivity contribution is -0.118. The third-order valence-corrected chi connectivity index (χ3v) is 5.27. The minimum atomic E-state index is -0.199. The minimum absolute atomic E-state index is 0.00443. The van der Waals surface area contributed by atoms with Gasteiger partial charge in [0.1, 0.15) is 0 Å². The zero-order valence-corrected chi connectivity index (χ0v) is 16.0. The number of hydrogen-bond donors (Lipinski definition) is 2. The largest absolute Gasteiger partial charge is 0.336 e. The molecule has 1 unspecified atom stereocenters. The fourth-order valence-corrected chi connectivity index (χ4v) is 3.83. The average Bonchev–Trinajstić information content (AvgIpc) is 3.31. The molecule has 2 aromatic heterocycles. The topological polar surface area (TPSA) is 70.7 Å². The van der Waals surface area contributed by atoms with Crippen LogP contribution in [0.3, 0.4) is 0 Å². The van der Waals surface area contributed by atoms with Crippen LogP contribution < -0.4 is 5.32 Å². The molecule has 0 bridgehead atoms. The second-order valence-corrected chi connectivity index (χ2v) is 7.67. The zero-order valence-electron chi connectivity index (χ0n) is 15.1. The Balaban J connectivity index is 1.59. The Hall–Kier alpha value is -2.99. The molecule has 27 heavy (non-hydrogen) atoms. The Labute approximate surface area is 161 Å². The van der Waals surface area contributed by atoms with Crippen LogP contribution in [-0.4, -0.2) is 20.9 Å². The van der Waals surface area contributed by atoms with Gasteiger partial charge in [0.05, 0.1) is 17.0 Å². The molecule has 0 saturated carbocycles. The summed E-state index contributed by atoms with van der Waals surface area (Å²) in [6.45, 7) is 4.13. The summed E-state index contributed by atoms with van der Waals surface area (Å²) < 4.78 is 0. The first-order chi connectivity index (χ1) is 13.1. The quantitative estimate of drug-likeness (QED) is 0.511. The highest BCUT2D eigenvalue weighted by atomic mass is 32.1. The predicted molar refractivity (Wildman–Crippen MR) is 110 cm³/mol. The standard InChI is InChI=1S/C21H20N4OS/c1-13(2)18(14-6-4-3-5-7-14)20(26)23-15-8-9-16-17(12-15)25-19(24-16)21-22-10-11-27-21/h3-13,18H,1-2H3,(H,23,26)(H,24,25). The molecular formula is C21H20N4OS. The van der Waals surface area contributed by atoms with Gasteiger partial charge in [0.2, 0.25) is 5.91 Å². The lowest BCUT2D eigenvalue weighted by atomic mass is 9.87. The van der Waals surface area contributed by atoms with Crippen LogP contribution in [-0.2, 0) is 4.79 Å². The van der Waals surface area contributed by atoms with E-state index in [4.69, 9.17) is 0 Å². The van der Waals surface area contributed by atoms with Crippen LogP contribution in [0.25, 0.3) is 21.9 Å². The van der Waals surface area contributed by atoms with Crippen molar-refractivity contribution in [1.82, 2.24) is 15.0 Å². The molecule has 6 heteroatoms. The van der Waals surface area contributed by atoms with Crippen LogP contribution in [0.4, 0.5) is 5.69 Å². The van der Waals surface area contributed by atoms with Gasteiger partial charge in [-0.2, -0.15) is 0 Å². The lowest BCUT2D eigenvalue weighted by Gasteiger charge is -2.20. The van der Waals surface area contributed by atoms with Crippen LogP contribution in [0, 0.1) is 5.92 Å². The van der Waals surface area contributed by atoms with Crippen molar-refractivity contribution in [3.8, 4) is 10.8 Å². The van der Waals surface area contributed by atoms with Gasteiger partial charge in [-0.3, -0.25) is 4.79 Å². The van der Waals surface area contributed by atoms with Gasteiger partial charge in [-0.15, -0.1) is 11.3 Å². The molecular weight excluding hydrogens is 356 g/mol. The van der Waals surface area contributed by atoms with E-state index in [-0.39, 0.29) is 17.7 Å². The Morgan fingerprint density at radius 2 is 1.96 bits per heavy atom. The van der Waals surface area contributed by atoms with Crippen molar-refractivity contribution in [3.05, 3.63) is 65.7 Å². The van der Waals surface area contributed by atoms with Crippen molar-refractivity contribution >= 4 is 34.0 Å². The molecule has 0 spiro atoms. The number of hydrogen-bond acceptors (Lipinski definition) is 4. The van der Waals surface area contributed by atoms with E-state index >= 15 is 0 Å². The first-order valence-electron chi connectivity index (χ1n) is 8.87. The highest BCUT2D eigenvalue weighted by molar-refractivity contribution is 7.13. The number of carbonyl (C=O) groups excluding carboxylic acids is 1. The number of rotatable bonds is 5. The second-order valence-electron chi connectivity index (χ2n) is 6.78. The van der Waals surface area contributed by atoms with Gasteiger partial charge in [0, 0.05) is 17.3 Å². The third kappa shape index (κ3) is 3.61. The van der Waals surface area contributed by atoms with Crippen molar-refractivity contribution in [2.24, 2.45) is 5.92 Å². The van der Waals surface area contributed by atoms with Crippen molar-refractivity contribution in [3.63, 3.8) is 0 Å². The summed E-state index contributed by atoms with van der Waals surface area (Å²) in [4.78, 5) is 25.1. The molecule has 2 heterocycles. The maximum absolute atomic E-state index is 12.9. The number of aromatic nitrogens is 3. The van der Waals surface area contributed by atoms with Gasteiger partial charge < -0.3 is 10.3 Å². The van der Waals surface area contributed by atoms with E-state index in [2.05, 4.69) is 34.1 Å². The van der Waals surface area contributed by atoms with E-state index < -0.39 is 0 Å². The molecule has 5 nitrogen and oxygen atoms in total. The fraction of sp³-hybridized carbons (Fsp3) is 0.190. The molecule has 0 aliphatic rings. The van der Waals surface area contributed by atoms with Crippen molar-refractivity contribution < 1.29 is 4.79 Å². The number of thiazole rings is 1. The zero-order chi connectivity index (χ0) is 18.8. The first-order valence-corrected chi connectivity index (χ1v) is 9.75. The maximum atomic E-state index is 12.9. The van der Waals surface area contributed by atoms with Crippen LogP contribution in [0.15, 0.2) is 60.1 Å². The fourth-order valence-electron chi connectivity index (χ4n) is 3.25. The van der Waals surface area contributed by atoms with Gasteiger partial charge in [-0.25, -0.2) is 9.97 Å². The Morgan fingerprint density at radius 1 is 1.15 bits per heavy atom. The van der Waals surface area contributed by atoms with Crippen molar-refractivity contribution in [2.45, 2.75) is 19.8 Å². The highest BCUT2D eigenvalue weighted by Crippen LogP contribution is 2.28. The second kappa shape index (κ2) is 7.32. The molecule has 0 aliphatic carbocycles. The Bertz CT molecular complexity index is 1050. The molecule has 136 valence electrons. The number of anilines is 1. The van der Waals surface area contributed by atoms with E-state index in [9.17, 15) is 4.79 Å². The van der Waals surface area contributed by atoms with E-state index in [1.54, 1.807) is 6.20 Å². The summed E-state index contributed by atoms with van der Waals surface area (Å²) in [5, 5.41) is 5.83. The maximum Gasteiger partial charge on any atom is 0.232 e. The molecule has 2 aromatic carbocycles. The van der Waals surface area contributed by atoms with Crippen molar-refractivity contribution in [2.75, 3.05) is 5.32 Å². The number of nitrogens with zero attached hydrogens (tertiary/aromatic N) is 2. The van der Waals surface area contributed by atoms with Crippen LogP contribution >= 0.6 is 11.3 Å². The normalized spacial score (nSPS) is 12.4. The van der Waals surface area contributed by atoms with E-state index in [0.717, 1.165) is 33.1 Å². The average molecular weight is 376 g/mol. The van der Waals surface area contributed by atoms with Gasteiger partial charge in [-0.05, 0) is 29.7 Å². The SMILES string of the molecule is CC(C)C(C(=O)Nc1ccc2nc(-c3nccs3)[nH]c2c1)c1ccccc1. The minimum Gasteiger partial charge on any atom is -0.336 e. The number of imidazole rings is 1. The molecule has 1 atom stereocenters. The smallest absolute Gasteiger partial charge is 0.232 e. The molecule has 0 fully saturated rings. The summed E-state index contributed by atoms with van der Waals surface area (Å²) >= 11 is 1.54.